The molecule has 31 heavy (non-hydrogen) atoms. The molecule has 0 bridgehead atoms. The lowest BCUT2D eigenvalue weighted by atomic mass is 9.89. The highest BCUT2D eigenvalue weighted by Gasteiger charge is 2.31. The Hall–Kier alpha value is -3.32. The van der Waals surface area contributed by atoms with Crippen molar-refractivity contribution in [3.05, 3.63) is 63.8 Å². The number of benzene rings is 2. The van der Waals surface area contributed by atoms with Gasteiger partial charge in [-0.2, -0.15) is 0 Å². The zero-order valence-electron chi connectivity index (χ0n) is 17.4. The van der Waals surface area contributed by atoms with E-state index in [4.69, 9.17) is 15.2 Å². The van der Waals surface area contributed by atoms with Crippen molar-refractivity contribution in [1.82, 2.24) is 0 Å². The Morgan fingerprint density at radius 3 is 2.65 bits per heavy atom. The normalized spacial score (nSPS) is 15.2. The first-order valence-corrected chi connectivity index (χ1v) is 11.0. The minimum absolute atomic E-state index is 0.0173. The highest BCUT2D eigenvalue weighted by atomic mass is 32.1. The van der Waals surface area contributed by atoms with Crippen LogP contribution in [0.5, 0.6) is 11.5 Å². The highest BCUT2D eigenvalue weighted by molar-refractivity contribution is 7.11. The number of aryl methyl sites for hydroxylation is 1. The Kier molecular flexibility index (Phi) is 5.95. The number of amides is 2. The Morgan fingerprint density at radius 2 is 1.94 bits per heavy atom. The SMILES string of the molecule is CCOc1cc([C@H]2CC(=O)Nc3c(-c4ccc(C)cc4)csc32)ccc1OCC(N)=O. The molecule has 1 aliphatic rings. The molecule has 4 rings (SSSR count). The number of carbonyl (C=O) groups excluding carboxylic acids is 2. The van der Waals surface area contributed by atoms with Crippen molar-refractivity contribution in [2.75, 3.05) is 18.5 Å². The van der Waals surface area contributed by atoms with Crippen molar-refractivity contribution < 1.29 is 19.1 Å². The minimum atomic E-state index is -0.553. The Morgan fingerprint density at radius 1 is 1.16 bits per heavy atom. The monoisotopic (exact) mass is 436 g/mol. The van der Waals surface area contributed by atoms with Gasteiger partial charge in [-0.05, 0) is 37.1 Å². The number of nitrogens with two attached hydrogens (primary N) is 1. The number of nitrogens with one attached hydrogen (secondary N) is 1. The van der Waals surface area contributed by atoms with E-state index in [9.17, 15) is 9.59 Å². The molecule has 2 heterocycles. The van der Waals surface area contributed by atoms with E-state index in [2.05, 4.69) is 41.9 Å². The smallest absolute Gasteiger partial charge is 0.255 e. The average Bonchev–Trinajstić information content (AvgIpc) is 3.16. The van der Waals surface area contributed by atoms with Crippen molar-refractivity contribution in [2.45, 2.75) is 26.2 Å². The standard InChI is InChI=1S/C24H24N2O4S/c1-3-29-20-10-16(8-9-19(20)30-12-21(25)27)17-11-22(28)26-23-18(13-31-24(17)23)15-6-4-14(2)5-7-15/h4-10,13,17H,3,11-12H2,1-2H3,(H2,25,27)(H,26,28)/t17-/m1/s1. The van der Waals surface area contributed by atoms with Gasteiger partial charge in [-0.25, -0.2) is 0 Å². The van der Waals surface area contributed by atoms with E-state index in [1.165, 1.54) is 5.56 Å². The fourth-order valence-electron chi connectivity index (χ4n) is 3.72. The third-order valence-electron chi connectivity index (χ3n) is 5.19. The number of primary amides is 1. The van der Waals surface area contributed by atoms with Crippen LogP contribution in [0.25, 0.3) is 11.1 Å². The van der Waals surface area contributed by atoms with Crippen molar-refractivity contribution in [3.63, 3.8) is 0 Å². The summed E-state index contributed by atoms with van der Waals surface area (Å²) in [6.07, 6.45) is 0.355. The van der Waals surface area contributed by atoms with E-state index in [1.807, 2.05) is 19.1 Å². The molecular weight excluding hydrogens is 412 g/mol. The maximum absolute atomic E-state index is 12.6. The third-order valence-corrected chi connectivity index (χ3v) is 6.29. The molecule has 1 aliphatic heterocycles. The van der Waals surface area contributed by atoms with Crippen LogP contribution < -0.4 is 20.5 Å². The summed E-state index contributed by atoms with van der Waals surface area (Å²) in [5.74, 6) is 0.330. The van der Waals surface area contributed by atoms with Gasteiger partial charge < -0.3 is 20.5 Å². The molecule has 0 saturated carbocycles. The van der Waals surface area contributed by atoms with E-state index < -0.39 is 5.91 Å². The summed E-state index contributed by atoms with van der Waals surface area (Å²) in [5.41, 5.74) is 10.3. The van der Waals surface area contributed by atoms with E-state index in [0.717, 1.165) is 27.3 Å². The zero-order valence-corrected chi connectivity index (χ0v) is 18.3. The summed E-state index contributed by atoms with van der Waals surface area (Å²) in [7, 11) is 0. The predicted octanol–water partition coefficient (Wildman–Crippen LogP) is 4.46. The molecule has 7 heteroatoms. The summed E-state index contributed by atoms with van der Waals surface area (Å²) < 4.78 is 11.2. The van der Waals surface area contributed by atoms with Crippen LogP contribution in [0.15, 0.2) is 47.8 Å². The van der Waals surface area contributed by atoms with Crippen molar-refractivity contribution >= 4 is 28.8 Å². The van der Waals surface area contributed by atoms with Crippen LogP contribution in [0.1, 0.15) is 35.3 Å². The van der Waals surface area contributed by atoms with Crippen LogP contribution in [-0.2, 0) is 9.59 Å². The molecule has 160 valence electrons. The number of thiophene rings is 1. The first-order valence-electron chi connectivity index (χ1n) is 10.1. The van der Waals surface area contributed by atoms with Gasteiger partial charge in [-0.1, -0.05) is 35.9 Å². The van der Waals surface area contributed by atoms with Gasteiger partial charge in [0.1, 0.15) is 0 Å². The van der Waals surface area contributed by atoms with Crippen LogP contribution in [0, 0.1) is 6.92 Å². The summed E-state index contributed by atoms with van der Waals surface area (Å²) in [6.45, 7) is 4.16. The number of anilines is 1. The Balaban J connectivity index is 1.71. The van der Waals surface area contributed by atoms with Crippen molar-refractivity contribution in [1.29, 1.82) is 0 Å². The highest BCUT2D eigenvalue weighted by Crippen LogP contribution is 2.47. The number of ether oxygens (including phenoxy) is 2. The number of carbonyl (C=O) groups is 2. The number of hydrogen-bond donors (Lipinski definition) is 2. The van der Waals surface area contributed by atoms with Gasteiger partial charge in [0, 0.05) is 28.2 Å². The van der Waals surface area contributed by atoms with E-state index in [1.54, 1.807) is 17.4 Å². The topological polar surface area (TPSA) is 90.7 Å². The minimum Gasteiger partial charge on any atom is -0.490 e. The van der Waals surface area contributed by atoms with Crippen LogP contribution in [0.2, 0.25) is 0 Å². The van der Waals surface area contributed by atoms with Gasteiger partial charge in [0.15, 0.2) is 18.1 Å². The molecule has 3 aromatic rings. The molecule has 0 radical (unpaired) electrons. The number of hydrogen-bond acceptors (Lipinski definition) is 5. The van der Waals surface area contributed by atoms with Crippen LogP contribution in [0.3, 0.4) is 0 Å². The molecule has 2 amide bonds. The van der Waals surface area contributed by atoms with Gasteiger partial charge in [-0.3, -0.25) is 9.59 Å². The molecule has 0 saturated heterocycles. The van der Waals surface area contributed by atoms with Crippen LogP contribution >= 0.6 is 11.3 Å². The average molecular weight is 437 g/mol. The van der Waals surface area contributed by atoms with Gasteiger partial charge in [0.2, 0.25) is 5.91 Å². The first kappa shape index (κ1) is 20.9. The number of fused-ring (bicyclic) bond motifs is 1. The Labute approximate surface area is 185 Å². The van der Waals surface area contributed by atoms with Gasteiger partial charge in [-0.15, -0.1) is 11.3 Å². The molecule has 0 aliphatic carbocycles. The maximum Gasteiger partial charge on any atom is 0.255 e. The van der Waals surface area contributed by atoms with Crippen LogP contribution in [-0.4, -0.2) is 25.0 Å². The summed E-state index contributed by atoms with van der Waals surface area (Å²) >= 11 is 1.65. The second kappa shape index (κ2) is 8.81. The largest absolute Gasteiger partial charge is 0.490 e. The van der Waals surface area contributed by atoms with Gasteiger partial charge in [0.25, 0.3) is 5.91 Å². The molecule has 1 atom stereocenters. The maximum atomic E-state index is 12.6. The Bertz CT molecular complexity index is 1120. The van der Waals surface area contributed by atoms with E-state index in [0.29, 0.717) is 24.5 Å². The quantitative estimate of drug-likeness (QED) is 0.572. The van der Waals surface area contributed by atoms with Gasteiger partial charge >= 0.3 is 0 Å². The summed E-state index contributed by atoms with van der Waals surface area (Å²) in [6, 6.07) is 13.9. The fraction of sp³-hybridized carbons (Fsp3) is 0.250. The fourth-order valence-corrected chi connectivity index (χ4v) is 4.88. The van der Waals surface area contributed by atoms with Crippen molar-refractivity contribution in [2.24, 2.45) is 5.73 Å². The molecular formula is C24H24N2O4S. The predicted molar refractivity (Wildman–Crippen MR) is 122 cm³/mol. The van der Waals surface area contributed by atoms with E-state index in [-0.39, 0.29) is 18.4 Å². The lowest BCUT2D eigenvalue weighted by molar-refractivity contribution is -0.120. The second-order valence-electron chi connectivity index (χ2n) is 7.45. The summed E-state index contributed by atoms with van der Waals surface area (Å²) in [5, 5.41) is 5.17. The first-order chi connectivity index (χ1) is 15.0. The molecule has 1 aromatic heterocycles. The third kappa shape index (κ3) is 4.41. The van der Waals surface area contributed by atoms with Crippen LogP contribution in [0.4, 0.5) is 5.69 Å². The summed E-state index contributed by atoms with van der Waals surface area (Å²) in [4.78, 5) is 24.8. The van der Waals surface area contributed by atoms with E-state index >= 15 is 0 Å². The molecule has 0 spiro atoms. The lowest BCUT2D eigenvalue weighted by Gasteiger charge is -2.25. The van der Waals surface area contributed by atoms with Gasteiger partial charge in [0.05, 0.1) is 12.3 Å². The molecule has 0 unspecified atom stereocenters. The zero-order chi connectivity index (χ0) is 22.0. The molecule has 2 aromatic carbocycles. The lowest BCUT2D eigenvalue weighted by Crippen LogP contribution is -2.22. The van der Waals surface area contributed by atoms with Crippen molar-refractivity contribution in [3.8, 4) is 22.6 Å². The molecule has 0 fully saturated rings. The second-order valence-corrected chi connectivity index (χ2v) is 8.36. The molecule has 6 nitrogen and oxygen atoms in total. The number of rotatable bonds is 7. The molecule has 3 N–H and O–H groups in total.